The fraction of sp³-hybridized carbons (Fsp3) is 0. The second-order valence-corrected chi connectivity index (χ2v) is 15.6. The third-order valence-corrected chi connectivity index (χ3v) is 12.3. The molecule has 0 atom stereocenters. The van der Waals surface area contributed by atoms with Crippen molar-refractivity contribution in [3.8, 4) is 39.7 Å². The lowest BCUT2D eigenvalue weighted by Gasteiger charge is -2.13. The summed E-state index contributed by atoms with van der Waals surface area (Å²) in [6, 6.07) is 63.9. The quantitative estimate of drug-likeness (QED) is 0.167. The summed E-state index contributed by atoms with van der Waals surface area (Å²) in [6.07, 6.45) is 3.90. The number of hydrogen-bond donors (Lipinski definition) is 0. The number of fused-ring (bicyclic) bond motifs is 15. The Morgan fingerprint density at radius 1 is 0.295 bits per heavy atom. The molecule has 0 aliphatic rings. The summed E-state index contributed by atoms with van der Waals surface area (Å²) < 4.78 is 2.32. The molecular weight excluding hydrogens is 745 g/mol. The van der Waals surface area contributed by atoms with Gasteiger partial charge in [0.15, 0.2) is 11.6 Å². The molecule has 0 bridgehead atoms. The van der Waals surface area contributed by atoms with E-state index in [4.69, 9.17) is 24.9 Å². The first-order valence-electron chi connectivity index (χ1n) is 20.5. The molecule has 0 amide bonds. The number of aromatic nitrogens is 6. The van der Waals surface area contributed by atoms with Gasteiger partial charge in [-0.05, 0) is 69.4 Å². The van der Waals surface area contributed by atoms with Crippen LogP contribution < -0.4 is 0 Å². The zero-order chi connectivity index (χ0) is 40.0. The average Bonchev–Trinajstić information content (AvgIpc) is 3.68. The van der Waals surface area contributed by atoms with Crippen LogP contribution in [-0.2, 0) is 0 Å². The van der Waals surface area contributed by atoms with Gasteiger partial charge < -0.3 is 4.57 Å². The van der Waals surface area contributed by atoms with Crippen LogP contribution in [0.2, 0.25) is 0 Å². The molecule has 0 fully saturated rings. The van der Waals surface area contributed by atoms with Gasteiger partial charge in [0.2, 0.25) is 0 Å². The SMILES string of the molecule is c1cc(-c2ccc3c4ccccc4c4ccccc4c3n2)cc(-c2ncc3c4ccccc4c4cnc(-c5cccc(-n6c7ccccc7c7ccccc76)c5)nc4c3n2)c1. The van der Waals surface area contributed by atoms with Gasteiger partial charge in [-0.15, -0.1) is 0 Å². The van der Waals surface area contributed by atoms with Crippen LogP contribution in [-0.4, -0.2) is 29.5 Å². The highest BCUT2D eigenvalue weighted by Crippen LogP contribution is 2.38. The minimum Gasteiger partial charge on any atom is -0.309 e. The Kier molecular flexibility index (Phi) is 7.21. The Hall–Kier alpha value is -8.35. The summed E-state index contributed by atoms with van der Waals surface area (Å²) in [5.74, 6) is 1.26. The van der Waals surface area contributed by atoms with E-state index in [1.165, 1.54) is 26.9 Å². The largest absolute Gasteiger partial charge is 0.309 e. The Balaban J connectivity index is 0.960. The smallest absolute Gasteiger partial charge is 0.159 e. The fourth-order valence-electron chi connectivity index (χ4n) is 9.47. The van der Waals surface area contributed by atoms with Gasteiger partial charge in [0, 0.05) is 67.1 Å². The van der Waals surface area contributed by atoms with Crippen molar-refractivity contribution in [1.29, 1.82) is 0 Å². The Morgan fingerprint density at radius 3 is 1.33 bits per heavy atom. The lowest BCUT2D eigenvalue weighted by atomic mass is 9.96. The van der Waals surface area contributed by atoms with E-state index < -0.39 is 0 Å². The second kappa shape index (κ2) is 13.1. The number of para-hydroxylation sites is 2. The van der Waals surface area contributed by atoms with Crippen molar-refractivity contribution in [1.82, 2.24) is 29.5 Å². The van der Waals surface area contributed by atoms with Crippen LogP contribution in [0.3, 0.4) is 0 Å². The first kappa shape index (κ1) is 33.6. The highest BCUT2D eigenvalue weighted by atomic mass is 15.0. The molecule has 0 radical (unpaired) electrons. The van der Waals surface area contributed by atoms with E-state index >= 15 is 0 Å². The van der Waals surface area contributed by atoms with E-state index in [1.54, 1.807) is 0 Å². The maximum absolute atomic E-state index is 5.33. The summed E-state index contributed by atoms with van der Waals surface area (Å²) in [5.41, 5.74) is 9.65. The average molecular weight is 777 g/mol. The topological polar surface area (TPSA) is 69.4 Å². The fourth-order valence-corrected chi connectivity index (χ4v) is 9.47. The number of nitrogens with zero attached hydrogens (tertiary/aromatic N) is 6. The van der Waals surface area contributed by atoms with Gasteiger partial charge in [-0.25, -0.2) is 24.9 Å². The molecule has 282 valence electrons. The lowest BCUT2D eigenvalue weighted by Crippen LogP contribution is -1.98. The predicted molar refractivity (Wildman–Crippen MR) is 251 cm³/mol. The zero-order valence-electron chi connectivity index (χ0n) is 32.7. The molecule has 0 saturated heterocycles. The summed E-state index contributed by atoms with van der Waals surface area (Å²) in [4.78, 5) is 25.9. The monoisotopic (exact) mass is 776 g/mol. The molecule has 6 nitrogen and oxygen atoms in total. The number of hydrogen-bond acceptors (Lipinski definition) is 5. The van der Waals surface area contributed by atoms with Gasteiger partial charge in [-0.3, -0.25) is 0 Å². The van der Waals surface area contributed by atoms with E-state index in [0.717, 1.165) is 88.0 Å². The minimum atomic E-state index is 0.622. The highest BCUT2D eigenvalue weighted by Gasteiger charge is 2.18. The number of benzene rings is 9. The molecule has 4 aromatic heterocycles. The minimum absolute atomic E-state index is 0.622. The highest BCUT2D eigenvalue weighted by molar-refractivity contribution is 6.25. The van der Waals surface area contributed by atoms with Crippen LogP contribution in [0.5, 0.6) is 0 Å². The van der Waals surface area contributed by atoms with E-state index in [1.807, 2.05) is 12.4 Å². The Bertz CT molecular complexity index is 3870. The van der Waals surface area contributed by atoms with Gasteiger partial charge in [-0.1, -0.05) is 140 Å². The maximum atomic E-state index is 5.33. The van der Waals surface area contributed by atoms with Gasteiger partial charge in [0.1, 0.15) is 11.0 Å². The van der Waals surface area contributed by atoms with Crippen LogP contribution in [0.1, 0.15) is 0 Å². The van der Waals surface area contributed by atoms with Crippen molar-refractivity contribution in [2.24, 2.45) is 0 Å². The van der Waals surface area contributed by atoms with Gasteiger partial charge in [0.25, 0.3) is 0 Å². The molecule has 9 aromatic carbocycles. The maximum Gasteiger partial charge on any atom is 0.159 e. The van der Waals surface area contributed by atoms with Crippen LogP contribution >= 0.6 is 0 Å². The summed E-state index contributed by atoms with van der Waals surface area (Å²) in [5, 5.41) is 12.4. The van der Waals surface area contributed by atoms with Gasteiger partial charge >= 0.3 is 0 Å². The van der Waals surface area contributed by atoms with Crippen molar-refractivity contribution in [2.45, 2.75) is 0 Å². The van der Waals surface area contributed by atoms with Crippen LogP contribution in [0.25, 0.3) is 127 Å². The molecule has 61 heavy (non-hydrogen) atoms. The molecule has 0 N–H and O–H groups in total. The third-order valence-electron chi connectivity index (χ3n) is 12.3. The van der Waals surface area contributed by atoms with E-state index in [9.17, 15) is 0 Å². The Labute approximate surface area is 349 Å². The van der Waals surface area contributed by atoms with Crippen LogP contribution in [0.15, 0.2) is 194 Å². The van der Waals surface area contributed by atoms with Crippen molar-refractivity contribution in [3.63, 3.8) is 0 Å². The van der Waals surface area contributed by atoms with Crippen molar-refractivity contribution < 1.29 is 0 Å². The number of pyridine rings is 1. The molecule has 0 unspecified atom stereocenters. The molecule has 4 heterocycles. The van der Waals surface area contributed by atoms with Gasteiger partial charge in [-0.2, -0.15) is 0 Å². The normalized spacial score (nSPS) is 11.9. The molecule has 0 aliphatic carbocycles. The van der Waals surface area contributed by atoms with Crippen molar-refractivity contribution >= 4 is 86.8 Å². The van der Waals surface area contributed by atoms with E-state index in [-0.39, 0.29) is 0 Å². The summed E-state index contributed by atoms with van der Waals surface area (Å²) in [7, 11) is 0. The zero-order valence-corrected chi connectivity index (χ0v) is 32.7. The molecular formula is C55H32N6. The summed E-state index contributed by atoms with van der Waals surface area (Å²) >= 11 is 0. The number of rotatable bonds is 4. The van der Waals surface area contributed by atoms with Gasteiger partial charge in [0.05, 0.1) is 22.2 Å². The molecule has 6 heteroatoms. The van der Waals surface area contributed by atoms with Crippen molar-refractivity contribution in [3.05, 3.63) is 194 Å². The Morgan fingerprint density at radius 2 is 0.738 bits per heavy atom. The molecule has 0 spiro atoms. The molecule has 0 aliphatic heterocycles. The lowest BCUT2D eigenvalue weighted by molar-refractivity contribution is 1.17. The third kappa shape index (κ3) is 5.12. The van der Waals surface area contributed by atoms with Crippen molar-refractivity contribution in [2.75, 3.05) is 0 Å². The van der Waals surface area contributed by atoms with Crippen LogP contribution in [0.4, 0.5) is 0 Å². The summed E-state index contributed by atoms with van der Waals surface area (Å²) in [6.45, 7) is 0. The molecule has 13 rings (SSSR count). The standard InChI is InChI=1S/C55H32N6/c1-2-19-39-37(17-1)38-18-5-6-24-44(38)51-45(39)27-28-48(58-51)33-13-11-14-34(29-33)54-56-31-46-40-20-3-4-21-41(40)47-32-57-55(60-53(47)52(46)59-54)35-15-12-16-36(30-35)61-49-25-9-7-22-42(49)43-23-8-10-26-50(43)61/h1-32H. The second-order valence-electron chi connectivity index (χ2n) is 15.6. The first-order chi connectivity index (χ1) is 30.2. The first-order valence-corrected chi connectivity index (χ1v) is 20.5. The molecule has 0 saturated carbocycles. The van der Waals surface area contributed by atoms with E-state index in [0.29, 0.717) is 11.6 Å². The molecule has 13 aromatic rings. The predicted octanol–water partition coefficient (Wildman–Crippen LogP) is 13.7. The van der Waals surface area contributed by atoms with E-state index in [2.05, 4.69) is 187 Å². The van der Waals surface area contributed by atoms with Crippen LogP contribution in [0, 0.1) is 0 Å².